The first-order valence-electron chi connectivity index (χ1n) is 11.4. The van der Waals surface area contributed by atoms with Gasteiger partial charge in [0.1, 0.15) is 11.5 Å². The molecule has 196 valence electrons. The molecule has 0 unspecified atom stereocenters. The van der Waals surface area contributed by atoms with Crippen molar-refractivity contribution in [2.75, 3.05) is 23.8 Å². The minimum atomic E-state index is -3.79. The lowest BCUT2D eigenvalue weighted by Gasteiger charge is -2.13. The number of nitrogens with one attached hydrogen (secondary N) is 3. The lowest BCUT2D eigenvalue weighted by molar-refractivity contribution is 0.0977. The zero-order valence-corrected chi connectivity index (χ0v) is 23.8. The monoisotopic (exact) mass is 605 g/mol. The van der Waals surface area contributed by atoms with Crippen LogP contribution >= 0.6 is 28.1 Å². The van der Waals surface area contributed by atoms with Crippen LogP contribution in [0.2, 0.25) is 0 Å². The van der Waals surface area contributed by atoms with Gasteiger partial charge in [-0.25, -0.2) is 8.42 Å². The number of hydrogen-bond donors (Lipinski definition) is 3. The summed E-state index contributed by atoms with van der Waals surface area (Å²) in [4.78, 5) is 12.7. The molecule has 0 fully saturated rings. The molecule has 3 N–H and O–H groups in total. The van der Waals surface area contributed by atoms with Crippen LogP contribution in [0.3, 0.4) is 0 Å². The second kappa shape index (κ2) is 12.9. The minimum absolute atomic E-state index is 0.0735. The average Bonchev–Trinajstić information content (AvgIpc) is 2.85. The standard InChI is InChI=1S/C26H28BrN3O5S2/c1-17(2)14-15-35-24-13-4-18(16-23(24)27)25(31)29-26(36)28-19-7-11-22(12-8-19)37(32,33)30-20-5-9-21(34-3)10-6-20/h4-13,16-17,30H,14-15H2,1-3H3,(H2,28,29,31,36). The van der Waals surface area contributed by atoms with Gasteiger partial charge in [0.15, 0.2) is 5.11 Å². The lowest BCUT2D eigenvalue weighted by Crippen LogP contribution is -2.34. The molecule has 0 aliphatic carbocycles. The molecule has 0 aliphatic heterocycles. The number of benzene rings is 3. The van der Waals surface area contributed by atoms with Crippen LogP contribution in [0.15, 0.2) is 76.1 Å². The van der Waals surface area contributed by atoms with Gasteiger partial charge in [0.05, 0.1) is 23.1 Å². The molecule has 3 aromatic carbocycles. The highest BCUT2D eigenvalue weighted by Crippen LogP contribution is 2.26. The van der Waals surface area contributed by atoms with Crippen LogP contribution in [0.25, 0.3) is 0 Å². The molecule has 3 rings (SSSR count). The fraction of sp³-hybridized carbons (Fsp3) is 0.231. The number of carbonyl (C=O) groups is 1. The maximum Gasteiger partial charge on any atom is 0.261 e. The van der Waals surface area contributed by atoms with Gasteiger partial charge in [-0.05, 0) is 107 Å². The molecule has 0 aliphatic rings. The Labute approximate surface area is 230 Å². The third kappa shape index (κ3) is 8.44. The van der Waals surface area contributed by atoms with Crippen LogP contribution in [0.1, 0.15) is 30.6 Å². The van der Waals surface area contributed by atoms with Crippen LogP contribution in [-0.4, -0.2) is 33.2 Å². The first-order chi connectivity index (χ1) is 17.6. The van der Waals surface area contributed by atoms with Crippen molar-refractivity contribution in [3.05, 3.63) is 76.8 Å². The summed E-state index contributed by atoms with van der Waals surface area (Å²) < 4.78 is 39.4. The van der Waals surface area contributed by atoms with Crippen molar-refractivity contribution in [1.82, 2.24) is 5.32 Å². The quantitative estimate of drug-likeness (QED) is 0.250. The van der Waals surface area contributed by atoms with E-state index in [4.69, 9.17) is 21.7 Å². The summed E-state index contributed by atoms with van der Waals surface area (Å²) in [7, 11) is -2.25. The molecule has 8 nitrogen and oxygen atoms in total. The molecule has 1 amide bonds. The molecule has 37 heavy (non-hydrogen) atoms. The first kappa shape index (κ1) is 28.4. The molecular formula is C26H28BrN3O5S2. The summed E-state index contributed by atoms with van der Waals surface area (Å²) in [5, 5.41) is 5.57. The van der Waals surface area contributed by atoms with Gasteiger partial charge in [-0.15, -0.1) is 0 Å². The van der Waals surface area contributed by atoms with Gasteiger partial charge in [-0.1, -0.05) is 13.8 Å². The predicted molar refractivity (Wildman–Crippen MR) is 153 cm³/mol. The fourth-order valence-corrected chi connectivity index (χ4v) is 4.85. The van der Waals surface area contributed by atoms with Gasteiger partial charge >= 0.3 is 0 Å². The van der Waals surface area contributed by atoms with Gasteiger partial charge in [0.2, 0.25) is 0 Å². The van der Waals surface area contributed by atoms with Crippen LogP contribution < -0.4 is 24.8 Å². The third-order valence-corrected chi connectivity index (χ3v) is 7.36. The number of hydrogen-bond acceptors (Lipinski definition) is 6. The third-order valence-electron chi connectivity index (χ3n) is 5.14. The number of methoxy groups -OCH3 is 1. The van der Waals surface area contributed by atoms with Crippen molar-refractivity contribution < 1.29 is 22.7 Å². The molecule has 0 spiro atoms. The van der Waals surface area contributed by atoms with Gasteiger partial charge in [0.25, 0.3) is 15.9 Å². The van der Waals surface area contributed by atoms with E-state index in [9.17, 15) is 13.2 Å². The van der Waals surface area contributed by atoms with E-state index in [0.717, 1.165) is 6.42 Å². The number of anilines is 2. The summed E-state index contributed by atoms with van der Waals surface area (Å²) in [6.07, 6.45) is 0.931. The Balaban J connectivity index is 1.56. The minimum Gasteiger partial charge on any atom is -0.497 e. The molecule has 0 radical (unpaired) electrons. The summed E-state index contributed by atoms with van der Waals surface area (Å²) in [6, 6.07) is 17.6. The summed E-state index contributed by atoms with van der Waals surface area (Å²) in [5.41, 5.74) is 1.33. The molecule has 3 aromatic rings. The second-order valence-corrected chi connectivity index (χ2v) is 11.4. The zero-order valence-electron chi connectivity index (χ0n) is 20.6. The first-order valence-corrected chi connectivity index (χ1v) is 14.1. The van der Waals surface area contributed by atoms with E-state index in [1.165, 1.54) is 19.2 Å². The Morgan fingerprint density at radius 2 is 1.65 bits per heavy atom. The van der Waals surface area contributed by atoms with Crippen LogP contribution in [-0.2, 0) is 10.0 Å². The van der Waals surface area contributed by atoms with E-state index in [2.05, 4.69) is 45.1 Å². The number of sulfonamides is 1. The molecule has 0 saturated carbocycles. The maximum atomic E-state index is 12.7. The van der Waals surface area contributed by atoms with Crippen molar-refractivity contribution in [1.29, 1.82) is 0 Å². The Bertz CT molecular complexity index is 1350. The van der Waals surface area contributed by atoms with Crippen LogP contribution in [0, 0.1) is 5.92 Å². The van der Waals surface area contributed by atoms with E-state index in [-0.39, 0.29) is 10.0 Å². The van der Waals surface area contributed by atoms with Gasteiger partial charge in [-0.3, -0.25) is 14.8 Å². The largest absolute Gasteiger partial charge is 0.497 e. The van der Waals surface area contributed by atoms with E-state index >= 15 is 0 Å². The number of thiocarbonyl (C=S) groups is 1. The molecular weight excluding hydrogens is 578 g/mol. The van der Waals surface area contributed by atoms with E-state index in [0.29, 0.717) is 45.4 Å². The van der Waals surface area contributed by atoms with E-state index in [1.54, 1.807) is 54.6 Å². The molecule has 0 aromatic heterocycles. The number of rotatable bonds is 10. The molecule has 11 heteroatoms. The topological polar surface area (TPSA) is 106 Å². The van der Waals surface area contributed by atoms with Crippen LogP contribution in [0.5, 0.6) is 11.5 Å². The smallest absolute Gasteiger partial charge is 0.261 e. The Kier molecular flexibility index (Phi) is 9.90. The van der Waals surface area contributed by atoms with Crippen molar-refractivity contribution in [3.8, 4) is 11.5 Å². The zero-order chi connectivity index (χ0) is 27.0. The predicted octanol–water partition coefficient (Wildman–Crippen LogP) is 5.81. The molecule has 0 atom stereocenters. The van der Waals surface area contributed by atoms with Gasteiger partial charge in [-0.2, -0.15) is 0 Å². The Morgan fingerprint density at radius 3 is 2.24 bits per heavy atom. The van der Waals surface area contributed by atoms with Crippen molar-refractivity contribution >= 4 is 60.6 Å². The second-order valence-electron chi connectivity index (χ2n) is 8.44. The number of ether oxygens (including phenoxy) is 2. The highest BCUT2D eigenvalue weighted by atomic mass is 79.9. The SMILES string of the molecule is COc1ccc(NS(=O)(=O)c2ccc(NC(=S)NC(=O)c3ccc(OCCC(C)C)c(Br)c3)cc2)cc1. The highest BCUT2D eigenvalue weighted by molar-refractivity contribution is 9.10. The van der Waals surface area contributed by atoms with Crippen molar-refractivity contribution in [3.63, 3.8) is 0 Å². The van der Waals surface area contributed by atoms with E-state index < -0.39 is 15.9 Å². The normalized spacial score (nSPS) is 11.1. The average molecular weight is 607 g/mol. The maximum absolute atomic E-state index is 12.7. The fourth-order valence-electron chi connectivity index (χ4n) is 3.09. The number of amides is 1. The molecule has 0 saturated heterocycles. The molecule has 0 bridgehead atoms. The summed E-state index contributed by atoms with van der Waals surface area (Å²) in [5.74, 6) is 1.43. The van der Waals surface area contributed by atoms with Crippen molar-refractivity contribution in [2.45, 2.75) is 25.2 Å². The van der Waals surface area contributed by atoms with Crippen molar-refractivity contribution in [2.24, 2.45) is 5.92 Å². The summed E-state index contributed by atoms with van der Waals surface area (Å²) in [6.45, 7) is 4.84. The van der Waals surface area contributed by atoms with E-state index in [1.807, 2.05) is 0 Å². The Morgan fingerprint density at radius 1 is 1.00 bits per heavy atom. The van der Waals surface area contributed by atoms with Gasteiger partial charge < -0.3 is 14.8 Å². The summed E-state index contributed by atoms with van der Waals surface area (Å²) >= 11 is 8.69. The lowest BCUT2D eigenvalue weighted by atomic mass is 10.1. The Hall–Kier alpha value is -3.15. The number of carbonyl (C=O) groups excluding carboxylic acids is 1. The molecule has 0 heterocycles. The highest BCUT2D eigenvalue weighted by Gasteiger charge is 2.15. The van der Waals surface area contributed by atoms with Crippen LogP contribution in [0.4, 0.5) is 11.4 Å². The van der Waals surface area contributed by atoms with Gasteiger partial charge in [0, 0.05) is 16.9 Å². The number of halogens is 1.